The van der Waals surface area contributed by atoms with Crippen molar-refractivity contribution in [2.45, 2.75) is 26.0 Å². The second kappa shape index (κ2) is 9.53. The lowest BCUT2D eigenvalue weighted by Gasteiger charge is -2.35. The Labute approximate surface area is 151 Å². The van der Waals surface area contributed by atoms with Crippen molar-refractivity contribution in [1.29, 1.82) is 0 Å². The van der Waals surface area contributed by atoms with Gasteiger partial charge in [-0.05, 0) is 19.1 Å². The standard InChI is InChI=1S/C16H21F2N3O3.ClH/c1-11(19)10-14(22)20-6-8-21(9-7-20)15(23)12-4-2-3-5-13(12)24-16(17)18;/h2-5,11,16H,6-10,19H2,1H3;1H. The van der Waals surface area contributed by atoms with Crippen LogP contribution in [0.5, 0.6) is 5.75 Å². The Hall–Kier alpha value is -1.93. The summed E-state index contributed by atoms with van der Waals surface area (Å²) in [6.45, 7) is 0.243. The Morgan fingerprint density at radius 2 is 1.72 bits per heavy atom. The average molecular weight is 378 g/mol. The first kappa shape index (κ1) is 21.1. The van der Waals surface area contributed by atoms with Gasteiger partial charge in [0.15, 0.2) is 0 Å². The molecule has 2 amide bonds. The number of alkyl halides is 2. The van der Waals surface area contributed by atoms with Gasteiger partial charge in [-0.3, -0.25) is 9.59 Å². The zero-order chi connectivity index (χ0) is 17.7. The van der Waals surface area contributed by atoms with Crippen LogP contribution in [-0.4, -0.2) is 60.4 Å². The lowest BCUT2D eigenvalue weighted by Crippen LogP contribution is -2.51. The van der Waals surface area contributed by atoms with Crippen molar-refractivity contribution in [2.75, 3.05) is 26.2 Å². The van der Waals surface area contributed by atoms with Gasteiger partial charge in [0.25, 0.3) is 5.91 Å². The minimum absolute atomic E-state index is 0. The van der Waals surface area contributed by atoms with Crippen LogP contribution < -0.4 is 10.5 Å². The van der Waals surface area contributed by atoms with E-state index in [0.717, 1.165) is 0 Å². The SMILES string of the molecule is CC(N)CC(=O)N1CCN(C(=O)c2ccccc2OC(F)F)CC1.Cl. The minimum Gasteiger partial charge on any atom is -0.434 e. The number of carbonyl (C=O) groups is 2. The summed E-state index contributed by atoms with van der Waals surface area (Å²) >= 11 is 0. The molecule has 0 spiro atoms. The average Bonchev–Trinajstić information content (AvgIpc) is 2.53. The molecule has 1 aliphatic rings. The quantitative estimate of drug-likeness (QED) is 0.848. The molecule has 1 heterocycles. The van der Waals surface area contributed by atoms with E-state index in [1.54, 1.807) is 17.9 Å². The number of benzene rings is 1. The van der Waals surface area contributed by atoms with Gasteiger partial charge in [0, 0.05) is 38.6 Å². The summed E-state index contributed by atoms with van der Waals surface area (Å²) in [6, 6.07) is 5.69. The summed E-state index contributed by atoms with van der Waals surface area (Å²) in [5.74, 6) is -0.572. The molecule has 1 aliphatic heterocycles. The third kappa shape index (κ3) is 5.82. The zero-order valence-corrected chi connectivity index (χ0v) is 14.7. The molecule has 0 bridgehead atoms. The van der Waals surface area contributed by atoms with E-state index in [4.69, 9.17) is 5.73 Å². The van der Waals surface area contributed by atoms with Crippen LogP contribution in [0.4, 0.5) is 8.78 Å². The minimum atomic E-state index is -2.99. The lowest BCUT2D eigenvalue weighted by molar-refractivity contribution is -0.132. The first-order valence-electron chi connectivity index (χ1n) is 7.75. The summed E-state index contributed by atoms with van der Waals surface area (Å²) in [4.78, 5) is 27.7. The number of amides is 2. The number of nitrogens with zero attached hydrogens (tertiary/aromatic N) is 2. The Morgan fingerprint density at radius 3 is 2.28 bits per heavy atom. The van der Waals surface area contributed by atoms with Crippen molar-refractivity contribution in [2.24, 2.45) is 5.73 Å². The lowest BCUT2D eigenvalue weighted by atomic mass is 10.1. The van der Waals surface area contributed by atoms with Crippen LogP contribution in [-0.2, 0) is 4.79 Å². The molecule has 1 fully saturated rings. The van der Waals surface area contributed by atoms with Crippen LogP contribution in [0.1, 0.15) is 23.7 Å². The van der Waals surface area contributed by atoms with E-state index in [9.17, 15) is 18.4 Å². The molecule has 2 N–H and O–H groups in total. The summed E-state index contributed by atoms with van der Waals surface area (Å²) in [5, 5.41) is 0. The molecular weight excluding hydrogens is 356 g/mol. The summed E-state index contributed by atoms with van der Waals surface area (Å²) in [7, 11) is 0. The van der Waals surface area contributed by atoms with Gasteiger partial charge in [-0.1, -0.05) is 12.1 Å². The second-order valence-electron chi connectivity index (χ2n) is 5.73. The molecule has 1 aromatic carbocycles. The number of rotatable bonds is 5. The van der Waals surface area contributed by atoms with Crippen LogP contribution in [0.15, 0.2) is 24.3 Å². The van der Waals surface area contributed by atoms with Gasteiger partial charge < -0.3 is 20.3 Å². The molecule has 0 aromatic heterocycles. The summed E-state index contributed by atoms with van der Waals surface area (Å²) in [6.07, 6.45) is 0.263. The fourth-order valence-corrected chi connectivity index (χ4v) is 2.58. The molecule has 1 unspecified atom stereocenters. The Kier molecular flexibility index (Phi) is 8.05. The van der Waals surface area contributed by atoms with E-state index >= 15 is 0 Å². The molecule has 25 heavy (non-hydrogen) atoms. The van der Waals surface area contributed by atoms with E-state index in [0.29, 0.717) is 26.2 Å². The highest BCUT2D eigenvalue weighted by molar-refractivity contribution is 5.97. The van der Waals surface area contributed by atoms with Crippen molar-refractivity contribution in [3.63, 3.8) is 0 Å². The number of carbonyl (C=O) groups excluding carboxylic acids is 2. The molecule has 0 aliphatic carbocycles. The molecule has 1 aromatic rings. The normalized spacial score (nSPS) is 15.6. The van der Waals surface area contributed by atoms with Gasteiger partial charge in [0.1, 0.15) is 5.75 Å². The van der Waals surface area contributed by atoms with Crippen molar-refractivity contribution < 1.29 is 23.1 Å². The van der Waals surface area contributed by atoms with Gasteiger partial charge in [-0.15, -0.1) is 12.4 Å². The number of nitrogens with two attached hydrogens (primary N) is 1. The van der Waals surface area contributed by atoms with Crippen LogP contribution in [0.2, 0.25) is 0 Å². The Balaban J connectivity index is 0.00000312. The van der Waals surface area contributed by atoms with E-state index < -0.39 is 6.61 Å². The first-order chi connectivity index (χ1) is 11.4. The highest BCUT2D eigenvalue weighted by Crippen LogP contribution is 2.22. The Morgan fingerprint density at radius 1 is 1.16 bits per heavy atom. The zero-order valence-electron chi connectivity index (χ0n) is 13.9. The number of piperazine rings is 1. The van der Waals surface area contributed by atoms with Gasteiger partial charge in [-0.25, -0.2) is 0 Å². The largest absolute Gasteiger partial charge is 0.434 e. The van der Waals surface area contributed by atoms with E-state index in [-0.39, 0.29) is 48.0 Å². The van der Waals surface area contributed by atoms with E-state index in [2.05, 4.69) is 4.74 Å². The topological polar surface area (TPSA) is 75.9 Å². The first-order valence-corrected chi connectivity index (χ1v) is 7.75. The van der Waals surface area contributed by atoms with Gasteiger partial charge >= 0.3 is 6.61 Å². The molecule has 6 nitrogen and oxygen atoms in total. The van der Waals surface area contributed by atoms with Gasteiger partial charge in [0.2, 0.25) is 5.91 Å². The van der Waals surface area contributed by atoms with Gasteiger partial charge in [0.05, 0.1) is 5.56 Å². The number of hydrogen-bond acceptors (Lipinski definition) is 4. The van der Waals surface area contributed by atoms with Crippen molar-refractivity contribution in [3.8, 4) is 5.75 Å². The summed E-state index contributed by atoms with van der Waals surface area (Å²) < 4.78 is 29.3. The fraction of sp³-hybridized carbons (Fsp3) is 0.500. The maximum absolute atomic E-state index is 12.5. The number of ether oxygens (including phenoxy) is 1. The molecule has 0 saturated carbocycles. The van der Waals surface area contributed by atoms with Gasteiger partial charge in [-0.2, -0.15) is 8.78 Å². The highest BCUT2D eigenvalue weighted by atomic mass is 35.5. The molecule has 1 atom stereocenters. The monoisotopic (exact) mass is 377 g/mol. The molecule has 9 heteroatoms. The maximum atomic E-state index is 12.5. The number of para-hydroxylation sites is 1. The van der Waals surface area contributed by atoms with Crippen LogP contribution in [0.3, 0.4) is 0 Å². The molecular formula is C16H22ClF2N3O3. The maximum Gasteiger partial charge on any atom is 0.387 e. The van der Waals surface area contributed by atoms with E-state index in [1.807, 2.05) is 0 Å². The summed E-state index contributed by atoms with van der Waals surface area (Å²) in [5.41, 5.74) is 5.71. The second-order valence-corrected chi connectivity index (χ2v) is 5.73. The third-order valence-corrected chi connectivity index (χ3v) is 3.75. The van der Waals surface area contributed by atoms with Crippen LogP contribution >= 0.6 is 12.4 Å². The smallest absolute Gasteiger partial charge is 0.387 e. The van der Waals surface area contributed by atoms with Crippen LogP contribution in [0.25, 0.3) is 0 Å². The molecule has 2 rings (SSSR count). The molecule has 0 radical (unpaired) electrons. The third-order valence-electron chi connectivity index (χ3n) is 3.75. The fourth-order valence-electron chi connectivity index (χ4n) is 2.58. The van der Waals surface area contributed by atoms with Crippen molar-refractivity contribution >= 4 is 24.2 Å². The van der Waals surface area contributed by atoms with Crippen molar-refractivity contribution in [3.05, 3.63) is 29.8 Å². The molecule has 1 saturated heterocycles. The van der Waals surface area contributed by atoms with E-state index in [1.165, 1.54) is 23.1 Å². The number of halogens is 3. The van der Waals surface area contributed by atoms with Crippen molar-refractivity contribution in [1.82, 2.24) is 9.80 Å². The predicted molar refractivity (Wildman–Crippen MR) is 91.1 cm³/mol. The predicted octanol–water partition coefficient (Wildman–Crippen LogP) is 1.73. The molecule has 140 valence electrons. The Bertz CT molecular complexity index is 594. The van der Waals surface area contributed by atoms with Crippen LogP contribution in [0, 0.1) is 0 Å². The number of hydrogen-bond donors (Lipinski definition) is 1. The highest BCUT2D eigenvalue weighted by Gasteiger charge is 2.27.